The molecule has 3 heterocycles. The number of pyridine rings is 1. The van der Waals surface area contributed by atoms with Crippen LogP contribution in [-0.2, 0) is 6.54 Å². The summed E-state index contributed by atoms with van der Waals surface area (Å²) < 4.78 is 0. The molecule has 0 unspecified atom stereocenters. The summed E-state index contributed by atoms with van der Waals surface area (Å²) >= 11 is 0. The average Bonchev–Trinajstić information content (AvgIpc) is 2.92. The molecule has 0 aliphatic carbocycles. The third-order valence-electron chi connectivity index (χ3n) is 2.95. The third kappa shape index (κ3) is 3.33. The first kappa shape index (κ1) is 13.0. The van der Waals surface area contributed by atoms with E-state index < -0.39 is 0 Å². The van der Waals surface area contributed by atoms with Crippen LogP contribution in [0.3, 0.4) is 0 Å². The molecule has 3 N–H and O–H groups in total. The van der Waals surface area contributed by atoms with Crippen LogP contribution in [-0.4, -0.2) is 25.4 Å². The lowest BCUT2D eigenvalue weighted by Crippen LogP contribution is -2.03. The van der Waals surface area contributed by atoms with Crippen molar-refractivity contribution in [2.24, 2.45) is 0 Å². The van der Waals surface area contributed by atoms with Crippen molar-refractivity contribution in [2.45, 2.75) is 13.5 Å². The Morgan fingerprint density at radius 2 is 2.19 bits per heavy atom. The van der Waals surface area contributed by atoms with Crippen LogP contribution in [0.2, 0.25) is 0 Å². The van der Waals surface area contributed by atoms with E-state index in [1.807, 2.05) is 31.3 Å². The molecule has 7 nitrogen and oxygen atoms in total. The van der Waals surface area contributed by atoms with Crippen molar-refractivity contribution in [3.63, 3.8) is 0 Å². The number of nitrogens with zero attached hydrogens (tertiary/aromatic N) is 4. The molecule has 0 spiro atoms. The van der Waals surface area contributed by atoms with Crippen molar-refractivity contribution in [3.8, 4) is 0 Å². The molecule has 106 valence electrons. The second kappa shape index (κ2) is 6.00. The Balaban J connectivity index is 1.67. The van der Waals surface area contributed by atoms with Gasteiger partial charge in [0, 0.05) is 30.6 Å². The van der Waals surface area contributed by atoms with E-state index in [1.165, 1.54) is 0 Å². The van der Waals surface area contributed by atoms with Gasteiger partial charge in [0.15, 0.2) is 5.82 Å². The van der Waals surface area contributed by atoms with Gasteiger partial charge in [-0.15, -0.1) is 5.10 Å². The zero-order chi connectivity index (χ0) is 14.5. The summed E-state index contributed by atoms with van der Waals surface area (Å²) in [5.41, 5.74) is 2.96. The molecule has 7 heteroatoms. The summed E-state index contributed by atoms with van der Waals surface area (Å²) in [5, 5.41) is 21.3. The monoisotopic (exact) mass is 281 g/mol. The highest BCUT2D eigenvalue weighted by molar-refractivity contribution is 5.60. The van der Waals surface area contributed by atoms with Crippen LogP contribution in [0.1, 0.15) is 11.1 Å². The summed E-state index contributed by atoms with van der Waals surface area (Å²) in [6.45, 7) is 2.62. The second-order valence-electron chi connectivity index (χ2n) is 4.60. The Labute approximate surface area is 121 Å². The molecule has 3 aromatic heterocycles. The number of hydrogen-bond acceptors (Lipinski definition) is 6. The molecule has 0 atom stereocenters. The number of rotatable bonds is 5. The zero-order valence-corrected chi connectivity index (χ0v) is 11.5. The topological polar surface area (TPSA) is 91.4 Å². The van der Waals surface area contributed by atoms with E-state index in [-0.39, 0.29) is 0 Å². The van der Waals surface area contributed by atoms with Crippen molar-refractivity contribution in [1.29, 1.82) is 0 Å². The van der Waals surface area contributed by atoms with Gasteiger partial charge >= 0.3 is 0 Å². The lowest BCUT2D eigenvalue weighted by Gasteiger charge is -2.08. The normalized spacial score (nSPS) is 10.3. The van der Waals surface area contributed by atoms with E-state index in [0.29, 0.717) is 12.4 Å². The highest BCUT2D eigenvalue weighted by Crippen LogP contribution is 2.18. The largest absolute Gasteiger partial charge is 0.364 e. The Hall–Kier alpha value is -2.96. The average molecular weight is 281 g/mol. The van der Waals surface area contributed by atoms with Gasteiger partial charge in [0.1, 0.15) is 5.82 Å². The number of hydrogen-bond donors (Lipinski definition) is 3. The predicted octanol–water partition coefficient (Wildman–Crippen LogP) is 2.26. The Bertz CT molecular complexity index is 708. The first-order chi connectivity index (χ1) is 10.3. The van der Waals surface area contributed by atoms with Gasteiger partial charge in [0.05, 0.1) is 18.1 Å². The van der Waals surface area contributed by atoms with E-state index in [2.05, 4.69) is 36.0 Å². The maximum absolute atomic E-state index is 4.07. The Morgan fingerprint density at radius 3 is 2.95 bits per heavy atom. The van der Waals surface area contributed by atoms with Gasteiger partial charge in [-0.05, 0) is 18.6 Å². The molecule has 3 rings (SSSR count). The van der Waals surface area contributed by atoms with E-state index in [0.717, 1.165) is 22.6 Å². The van der Waals surface area contributed by atoms with Crippen molar-refractivity contribution >= 4 is 17.3 Å². The van der Waals surface area contributed by atoms with Gasteiger partial charge in [-0.3, -0.25) is 10.1 Å². The minimum atomic E-state index is 0.648. The highest BCUT2D eigenvalue weighted by atomic mass is 15.2. The summed E-state index contributed by atoms with van der Waals surface area (Å²) in [4.78, 5) is 4.07. The van der Waals surface area contributed by atoms with E-state index >= 15 is 0 Å². The van der Waals surface area contributed by atoms with Crippen LogP contribution in [0.5, 0.6) is 0 Å². The van der Waals surface area contributed by atoms with Crippen LogP contribution in [0.25, 0.3) is 0 Å². The maximum Gasteiger partial charge on any atom is 0.150 e. The zero-order valence-electron chi connectivity index (χ0n) is 11.5. The van der Waals surface area contributed by atoms with Crippen LogP contribution in [0.4, 0.5) is 17.3 Å². The molecule has 0 saturated heterocycles. The fourth-order valence-corrected chi connectivity index (χ4v) is 1.83. The highest BCUT2D eigenvalue weighted by Gasteiger charge is 2.03. The third-order valence-corrected chi connectivity index (χ3v) is 2.95. The fourth-order valence-electron chi connectivity index (χ4n) is 1.83. The molecule has 21 heavy (non-hydrogen) atoms. The standard InChI is InChI=1S/C14H15N7/c1-10-6-17-21-14(10)19-12-5-13(20-18-9-12)16-8-11-3-2-4-15-7-11/h2-7,9H,8H2,1H3,(H3,16,17,19,20,21). The van der Waals surface area contributed by atoms with Crippen LogP contribution in [0, 0.1) is 6.92 Å². The smallest absolute Gasteiger partial charge is 0.150 e. The predicted molar refractivity (Wildman–Crippen MR) is 80.2 cm³/mol. The van der Waals surface area contributed by atoms with Crippen LogP contribution in [0.15, 0.2) is 43.0 Å². The number of H-pyrrole nitrogens is 1. The molecular weight excluding hydrogens is 266 g/mol. The summed E-state index contributed by atoms with van der Waals surface area (Å²) in [7, 11) is 0. The van der Waals surface area contributed by atoms with E-state index in [9.17, 15) is 0 Å². The van der Waals surface area contributed by atoms with Crippen molar-refractivity contribution in [1.82, 2.24) is 25.4 Å². The van der Waals surface area contributed by atoms with Crippen molar-refractivity contribution in [3.05, 3.63) is 54.1 Å². The Kier molecular flexibility index (Phi) is 3.72. The Morgan fingerprint density at radius 1 is 1.24 bits per heavy atom. The SMILES string of the molecule is Cc1cn[nH]c1Nc1cnnc(NCc2cccnc2)c1. The molecule has 0 bridgehead atoms. The molecule has 0 fully saturated rings. The van der Waals surface area contributed by atoms with Crippen molar-refractivity contribution < 1.29 is 0 Å². The molecule has 0 aliphatic heterocycles. The molecular formula is C14H15N7. The number of aromatic amines is 1. The van der Waals surface area contributed by atoms with E-state index in [4.69, 9.17) is 0 Å². The first-order valence-electron chi connectivity index (χ1n) is 6.54. The first-order valence-corrected chi connectivity index (χ1v) is 6.54. The summed E-state index contributed by atoms with van der Waals surface area (Å²) in [6, 6.07) is 5.80. The van der Waals surface area contributed by atoms with Gasteiger partial charge in [0.25, 0.3) is 0 Å². The number of aryl methyl sites for hydroxylation is 1. The molecule has 0 saturated carbocycles. The van der Waals surface area contributed by atoms with Crippen LogP contribution < -0.4 is 10.6 Å². The number of aromatic nitrogens is 5. The molecule has 0 amide bonds. The van der Waals surface area contributed by atoms with Gasteiger partial charge in [-0.2, -0.15) is 10.2 Å². The fraction of sp³-hybridized carbons (Fsp3) is 0.143. The quantitative estimate of drug-likeness (QED) is 0.664. The van der Waals surface area contributed by atoms with Gasteiger partial charge in [0.2, 0.25) is 0 Å². The van der Waals surface area contributed by atoms with Gasteiger partial charge < -0.3 is 10.6 Å². The van der Waals surface area contributed by atoms with E-state index in [1.54, 1.807) is 18.6 Å². The summed E-state index contributed by atoms with van der Waals surface area (Å²) in [5.74, 6) is 1.54. The molecule has 0 aromatic carbocycles. The second-order valence-corrected chi connectivity index (χ2v) is 4.60. The van der Waals surface area contributed by atoms with Gasteiger partial charge in [-0.1, -0.05) is 6.07 Å². The number of nitrogens with one attached hydrogen (secondary N) is 3. The molecule has 0 radical (unpaired) electrons. The molecule has 0 aliphatic rings. The van der Waals surface area contributed by atoms with Crippen molar-refractivity contribution in [2.75, 3.05) is 10.6 Å². The lowest BCUT2D eigenvalue weighted by atomic mass is 10.3. The minimum Gasteiger partial charge on any atom is -0.364 e. The maximum atomic E-state index is 4.07. The van der Waals surface area contributed by atoms with Crippen LogP contribution >= 0.6 is 0 Å². The number of anilines is 3. The summed E-state index contributed by atoms with van der Waals surface area (Å²) in [6.07, 6.45) is 6.99. The lowest BCUT2D eigenvalue weighted by molar-refractivity contribution is 0.996. The molecule has 3 aromatic rings. The van der Waals surface area contributed by atoms with Gasteiger partial charge in [-0.25, -0.2) is 0 Å². The minimum absolute atomic E-state index is 0.648.